The highest BCUT2D eigenvalue weighted by Crippen LogP contribution is 2.24. The third-order valence-corrected chi connectivity index (χ3v) is 3.77. The topological polar surface area (TPSA) is 28.2 Å². The molecule has 0 fully saturated rings. The van der Waals surface area contributed by atoms with E-state index in [1.807, 2.05) is 17.6 Å². The molecule has 0 amide bonds. The second kappa shape index (κ2) is 6.89. The average molecular weight is 296 g/mol. The van der Waals surface area contributed by atoms with Crippen molar-refractivity contribution in [3.63, 3.8) is 0 Å². The first kappa shape index (κ1) is 14.3. The second-order valence-electron chi connectivity index (χ2n) is 4.39. The molecule has 0 aliphatic rings. The monoisotopic (exact) mass is 295 g/mol. The molecule has 0 saturated heterocycles. The summed E-state index contributed by atoms with van der Waals surface area (Å²) in [6, 6.07) is 6.03. The van der Waals surface area contributed by atoms with E-state index < -0.39 is 0 Å². The van der Waals surface area contributed by atoms with Crippen molar-refractivity contribution < 1.29 is 0 Å². The second-order valence-corrected chi connectivity index (χ2v) is 5.54. The molecule has 1 aromatic carbocycles. The lowest BCUT2D eigenvalue weighted by Crippen LogP contribution is -2.20. The largest absolute Gasteiger partial charge is 0.368 e. The number of nitrogens with zero attached hydrogens (tertiary/aromatic N) is 2. The van der Waals surface area contributed by atoms with Crippen LogP contribution in [0.25, 0.3) is 0 Å². The summed E-state index contributed by atoms with van der Waals surface area (Å²) in [5, 5.41) is 6.20. The number of aromatic nitrogens is 1. The molecule has 0 aliphatic heterocycles. The number of halogens is 1. The standard InChI is InChI=1S/C14H18ClN3S/c1-3-16-7-11-6-12(15)4-5-14(11)18(2)8-13-9-19-10-17-13/h4-6,9-10,16H,3,7-8H2,1-2H3. The molecule has 2 aromatic rings. The summed E-state index contributed by atoms with van der Waals surface area (Å²) in [6.45, 7) is 4.68. The first-order valence-corrected chi connectivity index (χ1v) is 7.60. The lowest BCUT2D eigenvalue weighted by atomic mass is 10.1. The molecule has 0 unspecified atom stereocenters. The third kappa shape index (κ3) is 3.93. The van der Waals surface area contributed by atoms with Gasteiger partial charge in [-0.2, -0.15) is 0 Å². The molecule has 0 atom stereocenters. The van der Waals surface area contributed by atoms with Crippen LogP contribution >= 0.6 is 22.9 Å². The lowest BCUT2D eigenvalue weighted by Gasteiger charge is -2.22. The Morgan fingerprint density at radius 1 is 1.42 bits per heavy atom. The summed E-state index contributed by atoms with van der Waals surface area (Å²) in [5.41, 5.74) is 5.37. The molecular weight excluding hydrogens is 278 g/mol. The molecule has 2 rings (SSSR count). The molecule has 1 heterocycles. The summed E-state index contributed by atoms with van der Waals surface area (Å²) < 4.78 is 0. The number of hydrogen-bond donors (Lipinski definition) is 1. The molecule has 1 aromatic heterocycles. The highest BCUT2D eigenvalue weighted by atomic mass is 35.5. The van der Waals surface area contributed by atoms with Gasteiger partial charge in [-0.05, 0) is 30.3 Å². The first-order valence-electron chi connectivity index (χ1n) is 6.28. The molecule has 1 N–H and O–H groups in total. The first-order chi connectivity index (χ1) is 9.20. The molecule has 0 spiro atoms. The maximum atomic E-state index is 6.09. The molecule has 5 heteroatoms. The van der Waals surface area contributed by atoms with Gasteiger partial charge in [-0.1, -0.05) is 18.5 Å². The van der Waals surface area contributed by atoms with Crippen LogP contribution in [-0.2, 0) is 13.1 Å². The van der Waals surface area contributed by atoms with Gasteiger partial charge in [0.2, 0.25) is 0 Å². The minimum absolute atomic E-state index is 0.777. The average Bonchev–Trinajstić information content (AvgIpc) is 2.89. The normalized spacial score (nSPS) is 10.7. The lowest BCUT2D eigenvalue weighted by molar-refractivity contribution is 0.722. The van der Waals surface area contributed by atoms with Crippen molar-refractivity contribution in [1.29, 1.82) is 0 Å². The van der Waals surface area contributed by atoms with Crippen molar-refractivity contribution >= 4 is 28.6 Å². The quantitative estimate of drug-likeness (QED) is 0.883. The van der Waals surface area contributed by atoms with E-state index in [9.17, 15) is 0 Å². The van der Waals surface area contributed by atoms with Gasteiger partial charge < -0.3 is 10.2 Å². The Bertz CT molecular complexity index is 513. The van der Waals surface area contributed by atoms with Crippen LogP contribution < -0.4 is 10.2 Å². The van der Waals surface area contributed by atoms with E-state index in [4.69, 9.17) is 11.6 Å². The zero-order chi connectivity index (χ0) is 13.7. The fourth-order valence-electron chi connectivity index (χ4n) is 1.97. The smallest absolute Gasteiger partial charge is 0.0795 e. The summed E-state index contributed by atoms with van der Waals surface area (Å²) >= 11 is 7.71. The van der Waals surface area contributed by atoms with Gasteiger partial charge in [0, 0.05) is 29.7 Å². The minimum atomic E-state index is 0.777. The highest BCUT2D eigenvalue weighted by Gasteiger charge is 2.09. The van der Waals surface area contributed by atoms with Crippen LogP contribution in [0.4, 0.5) is 5.69 Å². The third-order valence-electron chi connectivity index (χ3n) is 2.90. The molecule has 102 valence electrons. The Labute approximate surface area is 123 Å². The van der Waals surface area contributed by atoms with E-state index in [1.54, 1.807) is 11.3 Å². The maximum Gasteiger partial charge on any atom is 0.0795 e. The number of rotatable bonds is 6. The van der Waals surface area contributed by atoms with Crippen molar-refractivity contribution in [1.82, 2.24) is 10.3 Å². The van der Waals surface area contributed by atoms with E-state index in [2.05, 4.69) is 40.6 Å². The minimum Gasteiger partial charge on any atom is -0.368 e. The SMILES string of the molecule is CCNCc1cc(Cl)ccc1N(C)Cc1cscn1. The number of thiazole rings is 1. The van der Waals surface area contributed by atoms with Crippen molar-refractivity contribution in [3.05, 3.63) is 45.4 Å². The van der Waals surface area contributed by atoms with Crippen LogP contribution in [0, 0.1) is 0 Å². The van der Waals surface area contributed by atoms with Gasteiger partial charge in [0.25, 0.3) is 0 Å². The number of anilines is 1. The van der Waals surface area contributed by atoms with E-state index in [-0.39, 0.29) is 0 Å². The molecule has 3 nitrogen and oxygen atoms in total. The Morgan fingerprint density at radius 2 is 2.26 bits per heavy atom. The highest BCUT2D eigenvalue weighted by molar-refractivity contribution is 7.07. The molecule has 0 saturated carbocycles. The van der Waals surface area contributed by atoms with E-state index in [1.165, 1.54) is 11.3 Å². The van der Waals surface area contributed by atoms with Crippen molar-refractivity contribution in [2.24, 2.45) is 0 Å². The molecule has 19 heavy (non-hydrogen) atoms. The maximum absolute atomic E-state index is 6.09. The number of hydrogen-bond acceptors (Lipinski definition) is 4. The Morgan fingerprint density at radius 3 is 2.95 bits per heavy atom. The van der Waals surface area contributed by atoms with Crippen LogP contribution in [0.3, 0.4) is 0 Å². The van der Waals surface area contributed by atoms with E-state index in [0.29, 0.717) is 0 Å². The van der Waals surface area contributed by atoms with Crippen LogP contribution in [0.1, 0.15) is 18.2 Å². The predicted octanol–water partition coefficient (Wildman–Crippen LogP) is 3.54. The van der Waals surface area contributed by atoms with Gasteiger partial charge in [0.1, 0.15) is 0 Å². The summed E-state index contributed by atoms with van der Waals surface area (Å²) in [4.78, 5) is 6.53. The van der Waals surface area contributed by atoms with Crippen LogP contribution in [0.5, 0.6) is 0 Å². The molecule has 0 aliphatic carbocycles. The van der Waals surface area contributed by atoms with E-state index in [0.717, 1.165) is 30.4 Å². The Kier molecular flexibility index (Phi) is 5.19. The van der Waals surface area contributed by atoms with Gasteiger partial charge in [0.15, 0.2) is 0 Å². The number of nitrogens with one attached hydrogen (secondary N) is 1. The Balaban J connectivity index is 2.17. The van der Waals surface area contributed by atoms with Crippen LogP contribution in [0.15, 0.2) is 29.1 Å². The van der Waals surface area contributed by atoms with Crippen LogP contribution in [0.2, 0.25) is 5.02 Å². The predicted molar refractivity (Wildman–Crippen MR) is 83.1 cm³/mol. The van der Waals surface area contributed by atoms with Crippen LogP contribution in [-0.4, -0.2) is 18.6 Å². The van der Waals surface area contributed by atoms with Gasteiger partial charge in [-0.3, -0.25) is 0 Å². The van der Waals surface area contributed by atoms with Gasteiger partial charge in [-0.25, -0.2) is 4.98 Å². The summed E-state index contributed by atoms with van der Waals surface area (Å²) in [6.07, 6.45) is 0. The molecule has 0 radical (unpaired) electrons. The summed E-state index contributed by atoms with van der Waals surface area (Å²) in [5.74, 6) is 0. The molecular formula is C14H18ClN3S. The fourth-order valence-corrected chi connectivity index (χ4v) is 2.72. The summed E-state index contributed by atoms with van der Waals surface area (Å²) in [7, 11) is 2.08. The fraction of sp³-hybridized carbons (Fsp3) is 0.357. The zero-order valence-corrected chi connectivity index (χ0v) is 12.8. The van der Waals surface area contributed by atoms with Gasteiger partial charge in [0.05, 0.1) is 17.7 Å². The zero-order valence-electron chi connectivity index (χ0n) is 11.2. The Hall–Kier alpha value is -1.10. The van der Waals surface area contributed by atoms with Crippen molar-refractivity contribution in [2.45, 2.75) is 20.0 Å². The van der Waals surface area contributed by atoms with Gasteiger partial charge in [-0.15, -0.1) is 11.3 Å². The van der Waals surface area contributed by atoms with Gasteiger partial charge >= 0.3 is 0 Å². The number of benzene rings is 1. The van der Waals surface area contributed by atoms with Crippen molar-refractivity contribution in [2.75, 3.05) is 18.5 Å². The van der Waals surface area contributed by atoms with Crippen molar-refractivity contribution in [3.8, 4) is 0 Å². The van der Waals surface area contributed by atoms with E-state index >= 15 is 0 Å². The molecule has 0 bridgehead atoms.